The van der Waals surface area contributed by atoms with Crippen LogP contribution in [0.5, 0.6) is 5.75 Å². The quantitative estimate of drug-likeness (QED) is 0.817. The fourth-order valence-electron chi connectivity index (χ4n) is 1.76. The molecule has 0 atom stereocenters. The molecule has 0 unspecified atom stereocenters. The number of hydrogen-bond acceptors (Lipinski definition) is 4. The van der Waals surface area contributed by atoms with Gasteiger partial charge in [-0.15, -0.1) is 0 Å². The van der Waals surface area contributed by atoms with Gasteiger partial charge in [0, 0.05) is 4.47 Å². The average Bonchev–Trinajstić information content (AvgIpc) is 2.47. The molecule has 0 spiro atoms. The van der Waals surface area contributed by atoms with Crippen molar-refractivity contribution in [1.29, 1.82) is 0 Å². The number of hydrogen-bond donors (Lipinski definition) is 2. The van der Waals surface area contributed by atoms with Crippen LogP contribution in [0.3, 0.4) is 0 Å². The van der Waals surface area contributed by atoms with Gasteiger partial charge in [0.15, 0.2) is 6.61 Å². The van der Waals surface area contributed by atoms with Crippen LogP contribution >= 0.6 is 15.9 Å². The molecule has 0 radical (unpaired) electrons. The number of aromatic hydroxyl groups is 1. The second-order valence-corrected chi connectivity index (χ2v) is 5.51. The molecular weight excluding hydrogens is 350 g/mol. The number of phenols is 1. The maximum absolute atomic E-state index is 11.8. The molecule has 0 aliphatic carbocycles. The van der Waals surface area contributed by atoms with Crippen LogP contribution in [0.25, 0.3) is 0 Å². The maximum atomic E-state index is 11.8. The van der Waals surface area contributed by atoms with E-state index in [9.17, 15) is 14.7 Å². The van der Waals surface area contributed by atoms with E-state index >= 15 is 0 Å². The molecule has 0 heterocycles. The van der Waals surface area contributed by atoms with Crippen LogP contribution in [0.15, 0.2) is 46.9 Å². The van der Waals surface area contributed by atoms with Gasteiger partial charge in [-0.3, -0.25) is 4.79 Å². The van der Waals surface area contributed by atoms with Gasteiger partial charge >= 0.3 is 5.97 Å². The molecule has 0 saturated carbocycles. The number of carbonyl (C=O) groups is 2. The Hall–Kier alpha value is -2.34. The van der Waals surface area contributed by atoms with Crippen LogP contribution in [0.4, 0.5) is 5.69 Å². The third-order valence-electron chi connectivity index (χ3n) is 2.81. The third-order valence-corrected chi connectivity index (χ3v) is 3.47. The van der Waals surface area contributed by atoms with E-state index in [0.29, 0.717) is 5.69 Å². The third kappa shape index (κ3) is 4.33. The molecule has 5 nitrogen and oxygen atoms in total. The summed E-state index contributed by atoms with van der Waals surface area (Å²) in [5.41, 5.74) is 1.84. The fourth-order valence-corrected chi connectivity index (χ4v) is 2.35. The number of nitrogens with one attached hydrogen (secondary N) is 1. The highest BCUT2D eigenvalue weighted by Gasteiger charge is 2.11. The number of ether oxygens (including phenoxy) is 1. The van der Waals surface area contributed by atoms with Gasteiger partial charge in [-0.2, -0.15) is 0 Å². The van der Waals surface area contributed by atoms with Gasteiger partial charge in [-0.25, -0.2) is 4.79 Å². The van der Waals surface area contributed by atoms with Crippen LogP contribution in [-0.4, -0.2) is 23.6 Å². The Labute approximate surface area is 136 Å². The summed E-state index contributed by atoms with van der Waals surface area (Å²) in [6, 6.07) is 11.2. The van der Waals surface area contributed by atoms with Crippen LogP contribution < -0.4 is 5.32 Å². The molecular formula is C16H14BrNO4. The number of benzene rings is 2. The lowest BCUT2D eigenvalue weighted by Crippen LogP contribution is -2.21. The fraction of sp³-hybridized carbons (Fsp3) is 0.125. The van der Waals surface area contributed by atoms with Crippen molar-refractivity contribution in [3.05, 3.63) is 58.1 Å². The highest BCUT2D eigenvalue weighted by atomic mass is 79.9. The first-order valence-electron chi connectivity index (χ1n) is 6.48. The molecule has 2 rings (SSSR count). The average molecular weight is 364 g/mol. The number of anilines is 1. The van der Waals surface area contributed by atoms with E-state index < -0.39 is 18.5 Å². The lowest BCUT2D eigenvalue weighted by Gasteiger charge is -2.09. The summed E-state index contributed by atoms with van der Waals surface area (Å²) in [5.74, 6) is -1.16. The molecule has 0 fully saturated rings. The highest BCUT2D eigenvalue weighted by molar-refractivity contribution is 9.10. The van der Waals surface area contributed by atoms with Gasteiger partial charge in [0.2, 0.25) is 0 Å². The van der Waals surface area contributed by atoms with Gasteiger partial charge in [0.25, 0.3) is 5.91 Å². The monoisotopic (exact) mass is 363 g/mol. The predicted octanol–water partition coefficient (Wildman–Crippen LogP) is 3.26. The molecule has 2 aromatic carbocycles. The van der Waals surface area contributed by atoms with Crippen LogP contribution in [0.2, 0.25) is 0 Å². The Bertz CT molecular complexity index is 715. The van der Waals surface area contributed by atoms with Gasteiger partial charge in [0.1, 0.15) is 5.75 Å². The molecule has 1 amide bonds. The molecule has 22 heavy (non-hydrogen) atoms. The van der Waals surface area contributed by atoms with Crippen molar-refractivity contribution < 1.29 is 19.4 Å². The first kappa shape index (κ1) is 16.0. The van der Waals surface area contributed by atoms with Gasteiger partial charge in [-0.05, 0) is 58.7 Å². The number of esters is 1. The van der Waals surface area contributed by atoms with Crippen molar-refractivity contribution in [2.24, 2.45) is 0 Å². The van der Waals surface area contributed by atoms with Crippen molar-refractivity contribution >= 4 is 33.5 Å². The summed E-state index contributed by atoms with van der Waals surface area (Å²) in [6.45, 7) is 1.53. The molecule has 0 aromatic heterocycles. The summed E-state index contributed by atoms with van der Waals surface area (Å²) < 4.78 is 5.65. The zero-order chi connectivity index (χ0) is 16.1. The van der Waals surface area contributed by atoms with E-state index in [4.69, 9.17) is 4.74 Å². The highest BCUT2D eigenvalue weighted by Crippen LogP contribution is 2.23. The van der Waals surface area contributed by atoms with Crippen molar-refractivity contribution in [2.75, 3.05) is 11.9 Å². The minimum absolute atomic E-state index is 0.0394. The zero-order valence-corrected chi connectivity index (χ0v) is 13.4. The second kappa shape index (κ2) is 7.09. The van der Waals surface area contributed by atoms with E-state index in [1.54, 1.807) is 6.07 Å². The first-order chi connectivity index (χ1) is 10.5. The lowest BCUT2D eigenvalue weighted by atomic mass is 10.2. The minimum atomic E-state index is -0.672. The van der Waals surface area contributed by atoms with Crippen LogP contribution in [-0.2, 0) is 9.53 Å². The van der Waals surface area contributed by atoms with Crippen LogP contribution in [0.1, 0.15) is 15.9 Å². The normalized spacial score (nSPS) is 10.1. The van der Waals surface area contributed by atoms with Gasteiger partial charge in [0.05, 0.1) is 11.3 Å². The molecule has 2 N–H and O–H groups in total. The molecule has 2 aromatic rings. The van der Waals surface area contributed by atoms with Crippen molar-refractivity contribution in [3.63, 3.8) is 0 Å². The van der Waals surface area contributed by atoms with Crippen molar-refractivity contribution in [1.82, 2.24) is 0 Å². The smallest absolute Gasteiger partial charge is 0.338 e. The molecule has 0 aliphatic heterocycles. The van der Waals surface area contributed by atoms with Gasteiger partial charge < -0.3 is 15.2 Å². The Kier molecular flexibility index (Phi) is 5.16. The van der Waals surface area contributed by atoms with Crippen molar-refractivity contribution in [3.8, 4) is 5.75 Å². The zero-order valence-electron chi connectivity index (χ0n) is 11.8. The largest absolute Gasteiger partial charge is 0.508 e. The number of amides is 1. The first-order valence-corrected chi connectivity index (χ1v) is 7.27. The second-order valence-electron chi connectivity index (χ2n) is 4.66. The summed E-state index contributed by atoms with van der Waals surface area (Å²) in [6.07, 6.45) is 0. The van der Waals surface area contributed by atoms with E-state index in [2.05, 4.69) is 21.2 Å². The lowest BCUT2D eigenvalue weighted by molar-refractivity contribution is -0.119. The summed E-state index contributed by atoms with van der Waals surface area (Å²) >= 11 is 3.35. The molecule has 0 aliphatic rings. The molecule has 6 heteroatoms. The number of rotatable bonds is 4. The topological polar surface area (TPSA) is 75.6 Å². The minimum Gasteiger partial charge on any atom is -0.508 e. The summed E-state index contributed by atoms with van der Waals surface area (Å²) in [5, 5.41) is 11.9. The van der Waals surface area contributed by atoms with Gasteiger partial charge in [-0.1, -0.05) is 12.1 Å². The predicted molar refractivity (Wildman–Crippen MR) is 85.9 cm³/mol. The molecule has 114 valence electrons. The molecule has 0 bridgehead atoms. The van der Waals surface area contributed by atoms with E-state index in [1.165, 1.54) is 24.3 Å². The molecule has 0 saturated heterocycles. The maximum Gasteiger partial charge on any atom is 0.338 e. The Morgan fingerprint density at radius 2 is 2.00 bits per heavy atom. The Morgan fingerprint density at radius 1 is 1.23 bits per heavy atom. The number of aryl methyl sites for hydroxylation is 1. The summed E-state index contributed by atoms with van der Waals surface area (Å²) in [7, 11) is 0. The number of carbonyl (C=O) groups excluding carboxylic acids is 2. The Balaban J connectivity index is 1.91. The van der Waals surface area contributed by atoms with E-state index in [0.717, 1.165) is 10.0 Å². The number of phenolic OH excluding ortho intramolecular Hbond substituents is 1. The van der Waals surface area contributed by atoms with Crippen LogP contribution in [0, 0.1) is 6.92 Å². The Morgan fingerprint density at radius 3 is 2.68 bits per heavy atom. The standard InChI is InChI=1S/C16H14BrNO4/c1-10-5-6-14(13(17)7-10)18-15(20)9-22-16(21)11-3-2-4-12(19)8-11/h2-8,19H,9H2,1H3,(H,18,20). The SMILES string of the molecule is Cc1ccc(NC(=O)COC(=O)c2cccc(O)c2)c(Br)c1. The number of halogens is 1. The van der Waals surface area contributed by atoms with Crippen molar-refractivity contribution in [2.45, 2.75) is 6.92 Å². The van der Waals surface area contributed by atoms with E-state index in [-0.39, 0.29) is 11.3 Å². The van der Waals surface area contributed by atoms with E-state index in [1.807, 2.05) is 19.1 Å². The summed E-state index contributed by atoms with van der Waals surface area (Å²) in [4.78, 5) is 23.5.